The highest BCUT2D eigenvalue weighted by Gasteiger charge is 2.33. The minimum absolute atomic E-state index is 0.0458. The lowest BCUT2D eigenvalue weighted by molar-refractivity contribution is -0.137. The number of hydrogen-bond acceptors (Lipinski definition) is 4. The van der Waals surface area contributed by atoms with Crippen molar-refractivity contribution in [1.29, 1.82) is 0 Å². The molecule has 2 aromatic rings. The van der Waals surface area contributed by atoms with Gasteiger partial charge in [0, 0.05) is 0 Å². The molecule has 1 aromatic heterocycles. The van der Waals surface area contributed by atoms with Crippen molar-refractivity contribution < 1.29 is 22.5 Å². The molecule has 0 atom stereocenters. The van der Waals surface area contributed by atoms with E-state index in [1.165, 1.54) is 18.2 Å². The van der Waals surface area contributed by atoms with Gasteiger partial charge in [0.15, 0.2) is 5.82 Å². The molecule has 106 valence electrons. The Morgan fingerprint density at radius 1 is 1.35 bits per heavy atom. The maximum atomic E-state index is 12.7. The van der Waals surface area contributed by atoms with Gasteiger partial charge in [-0.2, -0.15) is 18.2 Å². The number of para-hydroxylation sites is 1. The molecule has 1 heterocycles. The number of hydrogen-bond donors (Lipinski definition) is 1. The molecule has 1 N–H and O–H groups in total. The molecular weight excluding hydrogens is 275 g/mol. The molecular formula is C12H10F3N3O2. The van der Waals surface area contributed by atoms with Crippen molar-refractivity contribution >= 4 is 11.6 Å². The van der Waals surface area contributed by atoms with Crippen molar-refractivity contribution in [2.45, 2.75) is 19.5 Å². The van der Waals surface area contributed by atoms with Gasteiger partial charge in [-0.3, -0.25) is 4.79 Å². The van der Waals surface area contributed by atoms with Crippen molar-refractivity contribution in [2.75, 3.05) is 5.32 Å². The van der Waals surface area contributed by atoms with E-state index in [9.17, 15) is 18.0 Å². The summed E-state index contributed by atoms with van der Waals surface area (Å²) in [7, 11) is 0. The normalized spacial score (nSPS) is 11.4. The Morgan fingerprint density at radius 3 is 2.65 bits per heavy atom. The topological polar surface area (TPSA) is 68.0 Å². The third-order valence-electron chi connectivity index (χ3n) is 2.39. The number of halogens is 3. The van der Waals surface area contributed by atoms with Crippen LogP contribution < -0.4 is 5.32 Å². The first-order valence-corrected chi connectivity index (χ1v) is 5.61. The van der Waals surface area contributed by atoms with E-state index in [1.807, 2.05) is 0 Å². The molecule has 0 saturated carbocycles. The second-order valence-electron chi connectivity index (χ2n) is 4.00. The van der Waals surface area contributed by atoms with E-state index in [1.54, 1.807) is 6.92 Å². The van der Waals surface area contributed by atoms with Crippen LogP contribution in [0.1, 0.15) is 17.3 Å². The summed E-state index contributed by atoms with van der Waals surface area (Å²) in [6.07, 6.45) is -4.82. The number of aryl methyl sites for hydroxylation is 1. The Bertz CT molecular complexity index is 622. The Labute approximate surface area is 111 Å². The fourth-order valence-corrected chi connectivity index (χ4v) is 1.58. The van der Waals surface area contributed by atoms with Crippen LogP contribution in [0.25, 0.3) is 0 Å². The average molecular weight is 285 g/mol. The van der Waals surface area contributed by atoms with Crippen LogP contribution in [0.5, 0.6) is 0 Å². The molecule has 0 unspecified atom stereocenters. The largest absolute Gasteiger partial charge is 0.418 e. The fourth-order valence-electron chi connectivity index (χ4n) is 1.58. The van der Waals surface area contributed by atoms with Crippen LogP contribution in [0.15, 0.2) is 28.8 Å². The molecule has 1 amide bonds. The molecule has 0 spiro atoms. The minimum Gasteiger partial charge on any atom is -0.339 e. The van der Waals surface area contributed by atoms with Gasteiger partial charge in [0.25, 0.3) is 0 Å². The highest BCUT2D eigenvalue weighted by atomic mass is 19.4. The van der Waals surface area contributed by atoms with Gasteiger partial charge in [-0.05, 0) is 19.1 Å². The van der Waals surface area contributed by atoms with E-state index in [4.69, 9.17) is 4.52 Å². The van der Waals surface area contributed by atoms with Crippen LogP contribution in [0.4, 0.5) is 18.9 Å². The third kappa shape index (κ3) is 3.34. The van der Waals surface area contributed by atoms with Crippen LogP contribution in [0.2, 0.25) is 0 Å². The molecule has 0 fully saturated rings. The van der Waals surface area contributed by atoms with Gasteiger partial charge >= 0.3 is 6.18 Å². The van der Waals surface area contributed by atoms with Gasteiger partial charge in [-0.1, -0.05) is 17.3 Å². The van der Waals surface area contributed by atoms with Crippen molar-refractivity contribution in [2.24, 2.45) is 0 Å². The van der Waals surface area contributed by atoms with E-state index < -0.39 is 17.6 Å². The van der Waals surface area contributed by atoms with E-state index in [0.717, 1.165) is 6.07 Å². The van der Waals surface area contributed by atoms with Gasteiger partial charge in [0.1, 0.15) is 6.42 Å². The number of carbonyl (C=O) groups excluding carboxylic acids is 1. The summed E-state index contributed by atoms with van der Waals surface area (Å²) >= 11 is 0. The molecule has 8 heteroatoms. The van der Waals surface area contributed by atoms with Gasteiger partial charge in [-0.15, -0.1) is 0 Å². The van der Waals surface area contributed by atoms with Gasteiger partial charge in [0.2, 0.25) is 11.8 Å². The van der Waals surface area contributed by atoms with Gasteiger partial charge in [-0.25, -0.2) is 0 Å². The monoisotopic (exact) mass is 285 g/mol. The Hall–Kier alpha value is -2.38. The second-order valence-corrected chi connectivity index (χ2v) is 4.00. The standard InChI is InChI=1S/C12H10F3N3O2/c1-7-16-11(20-18-7)6-10(19)17-9-5-3-2-4-8(9)12(13,14)15/h2-5H,6H2,1H3,(H,17,19). The third-order valence-corrected chi connectivity index (χ3v) is 2.39. The smallest absolute Gasteiger partial charge is 0.339 e. The SMILES string of the molecule is Cc1noc(CC(=O)Nc2ccccc2C(F)(F)F)n1. The predicted molar refractivity (Wildman–Crippen MR) is 62.8 cm³/mol. The van der Waals surface area contributed by atoms with Crippen LogP contribution in [-0.4, -0.2) is 16.0 Å². The molecule has 0 aliphatic carbocycles. The van der Waals surface area contributed by atoms with Crippen molar-refractivity contribution in [3.8, 4) is 0 Å². The maximum absolute atomic E-state index is 12.7. The summed E-state index contributed by atoms with van der Waals surface area (Å²) < 4.78 is 42.9. The fraction of sp³-hybridized carbons (Fsp3) is 0.250. The molecule has 2 rings (SSSR count). The highest BCUT2D eigenvalue weighted by Crippen LogP contribution is 2.34. The number of carbonyl (C=O) groups is 1. The second kappa shape index (κ2) is 5.32. The molecule has 0 bridgehead atoms. The van der Waals surface area contributed by atoms with Crippen molar-refractivity contribution in [1.82, 2.24) is 10.1 Å². The molecule has 1 aromatic carbocycles. The molecule has 0 aliphatic heterocycles. The molecule has 0 saturated heterocycles. The first kappa shape index (κ1) is 14.0. The zero-order chi connectivity index (χ0) is 14.8. The van der Waals surface area contributed by atoms with E-state index in [0.29, 0.717) is 5.82 Å². The van der Waals surface area contributed by atoms with Gasteiger partial charge < -0.3 is 9.84 Å². The average Bonchev–Trinajstić information content (AvgIpc) is 2.73. The predicted octanol–water partition coefficient (Wildman–Crippen LogP) is 2.58. The summed E-state index contributed by atoms with van der Waals surface area (Å²) in [4.78, 5) is 15.5. The van der Waals surface area contributed by atoms with E-state index >= 15 is 0 Å². The number of alkyl halides is 3. The minimum atomic E-state index is -4.54. The zero-order valence-corrected chi connectivity index (χ0v) is 10.4. The number of benzene rings is 1. The first-order chi connectivity index (χ1) is 9.36. The first-order valence-electron chi connectivity index (χ1n) is 5.61. The zero-order valence-electron chi connectivity index (χ0n) is 10.4. The molecule has 5 nitrogen and oxygen atoms in total. The summed E-state index contributed by atoms with van der Waals surface area (Å²) in [5.74, 6) is -0.265. The van der Waals surface area contributed by atoms with Crippen LogP contribution in [-0.2, 0) is 17.4 Å². The number of nitrogens with zero attached hydrogens (tertiary/aromatic N) is 2. The number of anilines is 1. The Morgan fingerprint density at radius 2 is 2.05 bits per heavy atom. The van der Waals surface area contributed by atoms with Crippen molar-refractivity contribution in [3.63, 3.8) is 0 Å². The summed E-state index contributed by atoms with van der Waals surface area (Å²) in [5, 5.41) is 5.68. The highest BCUT2D eigenvalue weighted by molar-refractivity contribution is 5.92. The van der Waals surface area contributed by atoms with Crippen molar-refractivity contribution in [3.05, 3.63) is 41.5 Å². The Kier molecular flexibility index (Phi) is 3.73. The van der Waals surface area contributed by atoms with Crippen LogP contribution >= 0.6 is 0 Å². The quantitative estimate of drug-likeness (QED) is 0.941. The lowest BCUT2D eigenvalue weighted by Crippen LogP contribution is -2.18. The molecule has 20 heavy (non-hydrogen) atoms. The number of rotatable bonds is 3. The maximum Gasteiger partial charge on any atom is 0.418 e. The number of nitrogens with one attached hydrogen (secondary N) is 1. The van der Waals surface area contributed by atoms with Gasteiger partial charge in [0.05, 0.1) is 11.3 Å². The molecule has 0 radical (unpaired) electrons. The lowest BCUT2D eigenvalue weighted by Gasteiger charge is -2.12. The van der Waals surface area contributed by atoms with Crippen LogP contribution in [0, 0.1) is 6.92 Å². The summed E-state index contributed by atoms with van der Waals surface area (Å²) in [5.41, 5.74) is -1.21. The molecule has 0 aliphatic rings. The Balaban J connectivity index is 2.12. The summed E-state index contributed by atoms with van der Waals surface area (Å²) in [6, 6.07) is 4.73. The summed E-state index contributed by atoms with van der Waals surface area (Å²) in [6.45, 7) is 1.57. The number of aromatic nitrogens is 2. The van der Waals surface area contributed by atoms with E-state index in [-0.39, 0.29) is 18.0 Å². The number of amides is 1. The lowest BCUT2D eigenvalue weighted by atomic mass is 10.1. The van der Waals surface area contributed by atoms with Crippen LogP contribution in [0.3, 0.4) is 0 Å². The van der Waals surface area contributed by atoms with E-state index in [2.05, 4.69) is 15.5 Å².